The standard InChI is InChI=1S/C27H22N8O5/c1-17(18-12-14-21(15-13-18)39-27(37)19-8-4-2-5-9-19)29-31-26(36)23-22(16-38-20-10-6-3-7-11-20)35(34-30-23)25-24(28)32-40-33-25/h2-15H,16H2,1H3,(H2,28,32)(H,31,36). The number of nitrogens with zero attached hydrogens (tertiary/aromatic N) is 6. The predicted octanol–water partition coefficient (Wildman–Crippen LogP) is 3.18. The molecule has 13 heteroatoms. The maximum atomic E-state index is 13.1. The number of hydrazone groups is 1. The van der Waals surface area contributed by atoms with Gasteiger partial charge in [-0.3, -0.25) is 4.79 Å². The van der Waals surface area contributed by atoms with E-state index < -0.39 is 11.9 Å². The zero-order valence-corrected chi connectivity index (χ0v) is 21.1. The van der Waals surface area contributed by atoms with E-state index in [9.17, 15) is 9.59 Å². The van der Waals surface area contributed by atoms with Crippen LogP contribution in [0, 0.1) is 0 Å². The zero-order valence-electron chi connectivity index (χ0n) is 21.1. The van der Waals surface area contributed by atoms with E-state index in [1.807, 2.05) is 24.3 Å². The van der Waals surface area contributed by atoms with E-state index >= 15 is 0 Å². The van der Waals surface area contributed by atoms with Crippen LogP contribution in [0.1, 0.15) is 39.0 Å². The van der Waals surface area contributed by atoms with E-state index in [0.717, 1.165) is 0 Å². The molecule has 2 aromatic heterocycles. The summed E-state index contributed by atoms with van der Waals surface area (Å²) in [4.78, 5) is 25.3. The summed E-state index contributed by atoms with van der Waals surface area (Å²) in [5.41, 5.74) is 10.1. The second-order valence-corrected chi connectivity index (χ2v) is 8.29. The molecule has 200 valence electrons. The molecule has 40 heavy (non-hydrogen) atoms. The van der Waals surface area contributed by atoms with Crippen molar-refractivity contribution in [3.63, 3.8) is 0 Å². The molecule has 0 unspecified atom stereocenters. The Morgan fingerprint density at radius 1 is 0.925 bits per heavy atom. The summed E-state index contributed by atoms with van der Waals surface area (Å²) in [5, 5.41) is 19.4. The first kappa shape index (κ1) is 25.8. The van der Waals surface area contributed by atoms with Crippen LogP contribution in [0.4, 0.5) is 5.82 Å². The van der Waals surface area contributed by atoms with Gasteiger partial charge in [-0.25, -0.2) is 14.8 Å². The Balaban J connectivity index is 1.29. The summed E-state index contributed by atoms with van der Waals surface area (Å²) in [6.07, 6.45) is 0. The SMILES string of the molecule is CC(=NNC(=O)c1nnn(-c2nonc2N)c1COc1ccccc1)c1ccc(OC(=O)c2ccccc2)cc1. The number of para-hydroxylation sites is 1. The number of hydrogen-bond donors (Lipinski definition) is 2. The summed E-state index contributed by atoms with van der Waals surface area (Å²) in [6.45, 7) is 1.63. The van der Waals surface area contributed by atoms with Crippen LogP contribution in [0.15, 0.2) is 94.7 Å². The van der Waals surface area contributed by atoms with Crippen LogP contribution in [-0.2, 0) is 6.61 Å². The van der Waals surface area contributed by atoms with Crippen LogP contribution in [0.5, 0.6) is 11.5 Å². The number of carbonyl (C=O) groups is 2. The van der Waals surface area contributed by atoms with Crippen molar-refractivity contribution < 1.29 is 23.7 Å². The summed E-state index contributed by atoms with van der Waals surface area (Å²) in [7, 11) is 0. The molecule has 3 N–H and O–H groups in total. The topological polar surface area (TPSA) is 173 Å². The van der Waals surface area contributed by atoms with Gasteiger partial charge in [0, 0.05) is 0 Å². The fourth-order valence-corrected chi connectivity index (χ4v) is 3.54. The number of nitrogen functional groups attached to an aromatic ring is 1. The maximum absolute atomic E-state index is 13.1. The largest absolute Gasteiger partial charge is 0.487 e. The minimum absolute atomic E-state index is 0.0374. The lowest BCUT2D eigenvalue weighted by atomic mass is 10.1. The van der Waals surface area contributed by atoms with Crippen LogP contribution in [0.3, 0.4) is 0 Å². The third-order valence-corrected chi connectivity index (χ3v) is 5.61. The average Bonchev–Trinajstić information content (AvgIpc) is 3.61. The second-order valence-electron chi connectivity index (χ2n) is 8.29. The molecule has 1 amide bonds. The molecule has 0 fully saturated rings. The zero-order chi connectivity index (χ0) is 27.9. The lowest BCUT2D eigenvalue weighted by molar-refractivity contribution is 0.0734. The van der Waals surface area contributed by atoms with Crippen molar-refractivity contribution in [3.05, 3.63) is 107 Å². The summed E-state index contributed by atoms with van der Waals surface area (Å²) in [6, 6.07) is 24.4. The quantitative estimate of drug-likeness (QED) is 0.123. The highest BCUT2D eigenvalue weighted by atomic mass is 16.6. The number of ether oxygens (including phenoxy) is 2. The highest BCUT2D eigenvalue weighted by Gasteiger charge is 2.24. The highest BCUT2D eigenvalue weighted by molar-refractivity contribution is 6.01. The second kappa shape index (κ2) is 11.7. The van der Waals surface area contributed by atoms with Crippen LogP contribution in [0.25, 0.3) is 5.82 Å². The third-order valence-electron chi connectivity index (χ3n) is 5.61. The van der Waals surface area contributed by atoms with Gasteiger partial charge in [0.05, 0.1) is 11.3 Å². The number of hydrogen-bond acceptors (Lipinski definition) is 11. The van der Waals surface area contributed by atoms with Crippen molar-refractivity contribution >= 4 is 23.4 Å². The Hall–Kier alpha value is -5.85. The molecule has 0 saturated heterocycles. The Morgan fingerprint density at radius 3 is 2.30 bits per heavy atom. The molecule has 5 aromatic rings. The van der Waals surface area contributed by atoms with Gasteiger partial charge in [0.25, 0.3) is 5.91 Å². The average molecular weight is 539 g/mol. The van der Waals surface area contributed by atoms with Crippen LogP contribution in [0.2, 0.25) is 0 Å². The molecule has 0 saturated carbocycles. The Bertz CT molecular complexity index is 1650. The Labute approximate surface area is 227 Å². The van der Waals surface area contributed by atoms with Crippen LogP contribution >= 0.6 is 0 Å². The van der Waals surface area contributed by atoms with Gasteiger partial charge in [-0.05, 0) is 71.3 Å². The number of rotatable bonds is 9. The summed E-state index contributed by atoms with van der Waals surface area (Å²) >= 11 is 0. The van der Waals surface area contributed by atoms with Gasteiger partial charge in [-0.15, -0.1) is 5.10 Å². The number of benzene rings is 3. The van der Waals surface area contributed by atoms with Crippen LogP contribution in [-0.4, -0.2) is 42.9 Å². The van der Waals surface area contributed by atoms with Crippen molar-refractivity contribution in [1.29, 1.82) is 0 Å². The monoisotopic (exact) mass is 538 g/mol. The van der Waals surface area contributed by atoms with Gasteiger partial charge >= 0.3 is 5.97 Å². The van der Waals surface area contributed by atoms with Crippen molar-refractivity contribution in [3.8, 4) is 17.3 Å². The molecule has 5 rings (SSSR count). The summed E-state index contributed by atoms with van der Waals surface area (Å²) in [5.74, 6) is -0.138. The number of anilines is 1. The van der Waals surface area contributed by atoms with Crippen molar-refractivity contribution in [2.45, 2.75) is 13.5 Å². The van der Waals surface area contributed by atoms with E-state index in [-0.39, 0.29) is 29.6 Å². The van der Waals surface area contributed by atoms with E-state index in [0.29, 0.717) is 28.3 Å². The molecular weight excluding hydrogens is 516 g/mol. The van der Waals surface area contributed by atoms with Gasteiger partial charge in [0.2, 0.25) is 11.6 Å². The normalized spacial score (nSPS) is 11.2. The number of nitrogens with two attached hydrogens (primary N) is 1. The van der Waals surface area contributed by atoms with Crippen molar-refractivity contribution in [2.75, 3.05) is 5.73 Å². The maximum Gasteiger partial charge on any atom is 0.343 e. The number of nitrogens with one attached hydrogen (secondary N) is 1. The number of esters is 1. The molecule has 0 atom stereocenters. The highest BCUT2D eigenvalue weighted by Crippen LogP contribution is 2.19. The van der Waals surface area contributed by atoms with Crippen molar-refractivity contribution in [2.24, 2.45) is 5.10 Å². The molecule has 0 bridgehead atoms. The smallest absolute Gasteiger partial charge is 0.343 e. The summed E-state index contributed by atoms with van der Waals surface area (Å²) < 4.78 is 17.1. The van der Waals surface area contributed by atoms with Gasteiger partial charge in [0.1, 0.15) is 23.8 Å². The molecular formula is C27H22N8O5. The first-order valence-corrected chi connectivity index (χ1v) is 11.9. The van der Waals surface area contributed by atoms with Gasteiger partial charge < -0.3 is 15.2 Å². The molecule has 0 aliphatic carbocycles. The first-order valence-electron chi connectivity index (χ1n) is 11.9. The van der Waals surface area contributed by atoms with Gasteiger partial charge in [-0.1, -0.05) is 41.6 Å². The third kappa shape index (κ3) is 5.83. The Kier molecular flexibility index (Phi) is 7.53. The molecule has 0 radical (unpaired) electrons. The van der Waals surface area contributed by atoms with E-state index in [1.54, 1.807) is 67.6 Å². The minimum Gasteiger partial charge on any atom is -0.487 e. The van der Waals surface area contributed by atoms with Gasteiger partial charge in [0.15, 0.2) is 5.69 Å². The Morgan fingerprint density at radius 2 is 1.62 bits per heavy atom. The number of aromatic nitrogens is 5. The molecule has 3 aromatic carbocycles. The lowest BCUT2D eigenvalue weighted by Gasteiger charge is -2.08. The predicted molar refractivity (Wildman–Crippen MR) is 142 cm³/mol. The molecule has 0 aliphatic heterocycles. The fraction of sp³-hybridized carbons (Fsp3) is 0.0741. The molecule has 2 heterocycles. The van der Waals surface area contributed by atoms with E-state index in [4.69, 9.17) is 15.2 Å². The van der Waals surface area contributed by atoms with E-state index in [2.05, 4.69) is 35.8 Å². The van der Waals surface area contributed by atoms with Crippen LogP contribution < -0.4 is 20.6 Å². The van der Waals surface area contributed by atoms with Crippen molar-refractivity contribution in [1.82, 2.24) is 30.7 Å². The molecule has 13 nitrogen and oxygen atoms in total. The van der Waals surface area contributed by atoms with Gasteiger partial charge in [-0.2, -0.15) is 9.78 Å². The molecule has 0 spiro atoms. The number of amides is 1. The number of carbonyl (C=O) groups excluding carboxylic acids is 2. The lowest BCUT2D eigenvalue weighted by Crippen LogP contribution is -2.22. The minimum atomic E-state index is -0.638. The van der Waals surface area contributed by atoms with E-state index in [1.165, 1.54) is 4.68 Å². The first-order chi connectivity index (χ1) is 19.5. The molecule has 0 aliphatic rings. The fourth-order valence-electron chi connectivity index (χ4n) is 3.54.